The van der Waals surface area contributed by atoms with Gasteiger partial charge in [-0.3, -0.25) is 19.8 Å². The number of carbonyl (C=O) groups excluding carboxylic acids is 1. The fraction of sp³-hybridized carbons (Fsp3) is 0.0909. The van der Waals surface area contributed by atoms with Gasteiger partial charge in [-0.05, 0) is 36.4 Å². The van der Waals surface area contributed by atoms with Crippen molar-refractivity contribution in [3.8, 4) is 16.9 Å². The Morgan fingerprint density at radius 1 is 1.25 bits per heavy atom. The second kappa shape index (κ2) is 9.97. The van der Waals surface area contributed by atoms with Crippen LogP contribution in [0.4, 0.5) is 14.5 Å². The molecule has 7 nitrogen and oxygen atoms in total. The highest BCUT2D eigenvalue weighted by atomic mass is 35.5. The first-order valence-corrected chi connectivity index (χ1v) is 9.60. The van der Waals surface area contributed by atoms with E-state index in [4.69, 9.17) is 17.3 Å². The number of halogens is 3. The fourth-order valence-corrected chi connectivity index (χ4v) is 2.92. The summed E-state index contributed by atoms with van der Waals surface area (Å²) in [5.41, 5.74) is 5.03. The van der Waals surface area contributed by atoms with Crippen LogP contribution in [-0.4, -0.2) is 34.7 Å². The molecule has 0 atom stereocenters. The Balaban J connectivity index is 1.90. The maximum Gasteiger partial charge on any atom is 0.487 e. The second-order valence-corrected chi connectivity index (χ2v) is 6.84. The Morgan fingerprint density at radius 3 is 2.59 bits per heavy atom. The van der Waals surface area contributed by atoms with E-state index in [0.717, 1.165) is 5.56 Å². The number of anilines is 1. The molecule has 10 heteroatoms. The lowest BCUT2D eigenvalue weighted by atomic mass is 9.99. The molecule has 0 aliphatic carbocycles. The van der Waals surface area contributed by atoms with Gasteiger partial charge in [0.2, 0.25) is 0 Å². The van der Waals surface area contributed by atoms with Crippen molar-refractivity contribution in [2.75, 3.05) is 12.4 Å². The van der Waals surface area contributed by atoms with E-state index >= 15 is 0 Å². The van der Waals surface area contributed by atoms with Gasteiger partial charge in [-0.25, -0.2) is 0 Å². The van der Waals surface area contributed by atoms with E-state index in [1.807, 2.05) is 6.07 Å². The Labute approximate surface area is 187 Å². The van der Waals surface area contributed by atoms with E-state index in [9.17, 15) is 13.6 Å². The molecule has 0 saturated heterocycles. The lowest BCUT2D eigenvalue weighted by Gasteiger charge is -2.13. The number of allylic oxidation sites excluding steroid dienone is 1. The van der Waals surface area contributed by atoms with Crippen LogP contribution in [0.25, 0.3) is 16.7 Å². The van der Waals surface area contributed by atoms with E-state index in [1.54, 1.807) is 37.8 Å². The average Bonchev–Trinajstić information content (AvgIpc) is 2.78. The summed E-state index contributed by atoms with van der Waals surface area (Å²) in [5.74, 6) is -0.598. The minimum absolute atomic E-state index is 0.147. The van der Waals surface area contributed by atoms with Crippen molar-refractivity contribution in [1.29, 1.82) is 0 Å². The Morgan fingerprint density at radius 2 is 2.00 bits per heavy atom. The van der Waals surface area contributed by atoms with Crippen molar-refractivity contribution in [3.63, 3.8) is 0 Å². The molecule has 1 aromatic carbocycles. The first-order chi connectivity index (χ1) is 15.3. The number of aliphatic imine (C=N–C) groups is 1. The molecule has 2 heterocycles. The highest BCUT2D eigenvalue weighted by Crippen LogP contribution is 2.28. The minimum Gasteiger partial charge on any atom is -0.420 e. The third-order valence-corrected chi connectivity index (χ3v) is 4.27. The molecule has 0 unspecified atom stereocenters. The number of rotatable bonds is 7. The zero-order valence-corrected chi connectivity index (χ0v) is 17.6. The molecule has 0 spiro atoms. The number of ether oxygens (including phenoxy) is 1. The average molecular weight is 458 g/mol. The highest BCUT2D eigenvalue weighted by molar-refractivity contribution is 6.20. The van der Waals surface area contributed by atoms with Gasteiger partial charge < -0.3 is 15.8 Å². The van der Waals surface area contributed by atoms with Crippen LogP contribution in [0.15, 0.2) is 72.2 Å². The molecule has 3 rings (SSSR count). The quantitative estimate of drug-likeness (QED) is 0.400. The molecule has 2 aromatic heterocycles. The van der Waals surface area contributed by atoms with Crippen LogP contribution in [0, 0.1) is 0 Å². The third-order valence-electron chi connectivity index (χ3n) is 4.19. The number of carbonyl (C=O) groups is 1. The molecule has 3 N–H and O–H groups in total. The highest BCUT2D eigenvalue weighted by Gasteiger charge is 2.27. The van der Waals surface area contributed by atoms with E-state index < -0.39 is 11.5 Å². The zero-order chi connectivity index (χ0) is 23.1. The lowest BCUT2D eigenvalue weighted by molar-refractivity contribution is -0.0964. The van der Waals surface area contributed by atoms with Crippen LogP contribution in [-0.2, 0) is 0 Å². The number of alkyl halides is 3. The van der Waals surface area contributed by atoms with E-state index in [1.165, 1.54) is 36.7 Å². The molecule has 0 aliphatic heterocycles. The summed E-state index contributed by atoms with van der Waals surface area (Å²) in [5, 5.41) is 2.68. The molecule has 0 aliphatic rings. The van der Waals surface area contributed by atoms with Crippen molar-refractivity contribution < 1.29 is 18.3 Å². The molecule has 0 radical (unpaired) electrons. The van der Waals surface area contributed by atoms with Gasteiger partial charge in [-0.1, -0.05) is 6.07 Å². The Bertz CT molecular complexity index is 1150. The molecule has 0 saturated carbocycles. The number of nitrogens with one attached hydrogen (secondary N) is 1. The first kappa shape index (κ1) is 22.8. The number of benzene rings is 1. The number of hydrogen-bond acceptors (Lipinski definition) is 6. The molecule has 32 heavy (non-hydrogen) atoms. The smallest absolute Gasteiger partial charge is 0.420 e. The maximum atomic E-state index is 12.8. The van der Waals surface area contributed by atoms with Gasteiger partial charge in [-0.2, -0.15) is 0 Å². The number of amides is 1. The van der Waals surface area contributed by atoms with Crippen LogP contribution >= 0.6 is 11.6 Å². The van der Waals surface area contributed by atoms with Gasteiger partial charge in [0, 0.05) is 72.0 Å². The Kier molecular flexibility index (Phi) is 7.11. The summed E-state index contributed by atoms with van der Waals surface area (Å²) < 4.78 is 29.7. The molecule has 3 aromatic rings. The summed E-state index contributed by atoms with van der Waals surface area (Å²) in [4.78, 5) is 25.3. The lowest BCUT2D eigenvalue weighted by Crippen LogP contribution is -2.16. The van der Waals surface area contributed by atoms with Crippen molar-refractivity contribution in [2.45, 2.75) is 5.57 Å². The van der Waals surface area contributed by atoms with Crippen LogP contribution in [0.1, 0.15) is 16.1 Å². The number of hydrogen-bond donors (Lipinski definition) is 2. The summed E-state index contributed by atoms with van der Waals surface area (Å²) >= 11 is 4.75. The van der Waals surface area contributed by atoms with Crippen LogP contribution in [0.3, 0.4) is 0 Å². The number of nitrogens with two attached hydrogens (primary N) is 1. The molecule has 0 fully saturated rings. The van der Waals surface area contributed by atoms with Crippen molar-refractivity contribution in [3.05, 3.63) is 78.5 Å². The second-order valence-electron chi connectivity index (χ2n) is 6.40. The predicted octanol–water partition coefficient (Wildman–Crippen LogP) is 4.56. The van der Waals surface area contributed by atoms with Gasteiger partial charge in [0.15, 0.2) is 0 Å². The molecule has 0 bridgehead atoms. The van der Waals surface area contributed by atoms with Gasteiger partial charge in [-0.15, -0.1) is 8.78 Å². The summed E-state index contributed by atoms with van der Waals surface area (Å²) in [6.45, 7) is 0. The predicted molar refractivity (Wildman–Crippen MR) is 120 cm³/mol. The topological polar surface area (TPSA) is 102 Å². The SMILES string of the molecule is CN=CC(=CN)c1ncc(C(=O)Nc2ccc(OC(F)(F)Cl)cc2)cc1-c1cccnc1. The minimum atomic E-state index is -3.82. The van der Waals surface area contributed by atoms with Crippen LogP contribution in [0.5, 0.6) is 5.75 Å². The van der Waals surface area contributed by atoms with E-state index in [2.05, 4.69) is 25.0 Å². The summed E-state index contributed by atoms with van der Waals surface area (Å²) in [6, 6.07) is 10.6. The zero-order valence-electron chi connectivity index (χ0n) is 16.8. The molecular formula is C22H18ClF2N5O2. The fourth-order valence-electron chi connectivity index (χ4n) is 2.83. The van der Waals surface area contributed by atoms with Crippen LogP contribution in [0.2, 0.25) is 0 Å². The molecule has 1 amide bonds. The van der Waals surface area contributed by atoms with Gasteiger partial charge >= 0.3 is 5.57 Å². The molecule has 164 valence electrons. The summed E-state index contributed by atoms with van der Waals surface area (Å²) in [6.07, 6.45) is 7.63. The number of pyridine rings is 2. The molecular weight excluding hydrogens is 440 g/mol. The largest absolute Gasteiger partial charge is 0.487 e. The standard InChI is InChI=1S/C22H18ClF2N5O2/c1-27-11-16(10-26)20-19(14-3-2-8-28-12-14)9-15(13-29-20)21(31)30-17-4-6-18(7-5-17)32-22(23,24)25/h2-13H,26H2,1H3,(H,30,31). The maximum absolute atomic E-state index is 12.8. The third kappa shape index (κ3) is 5.86. The van der Waals surface area contributed by atoms with Gasteiger partial charge in [0.1, 0.15) is 5.75 Å². The number of nitrogens with zero attached hydrogens (tertiary/aromatic N) is 3. The Hall–Kier alpha value is -3.85. The van der Waals surface area contributed by atoms with Crippen molar-refractivity contribution in [2.24, 2.45) is 10.7 Å². The number of aromatic nitrogens is 2. The van der Waals surface area contributed by atoms with E-state index in [-0.39, 0.29) is 11.3 Å². The van der Waals surface area contributed by atoms with Crippen LogP contribution < -0.4 is 15.8 Å². The van der Waals surface area contributed by atoms with E-state index in [0.29, 0.717) is 22.5 Å². The first-order valence-electron chi connectivity index (χ1n) is 9.23. The monoisotopic (exact) mass is 457 g/mol. The van der Waals surface area contributed by atoms with Gasteiger partial charge in [0.05, 0.1) is 11.3 Å². The van der Waals surface area contributed by atoms with Gasteiger partial charge in [0.25, 0.3) is 5.91 Å². The summed E-state index contributed by atoms with van der Waals surface area (Å²) in [7, 11) is 1.61. The normalized spacial score (nSPS) is 12.1. The van der Waals surface area contributed by atoms with Crippen molar-refractivity contribution >= 4 is 35.0 Å². The van der Waals surface area contributed by atoms with Crippen molar-refractivity contribution in [1.82, 2.24) is 9.97 Å².